The van der Waals surface area contributed by atoms with Gasteiger partial charge in [0.05, 0.1) is 27.1 Å². The number of hydrogen-bond acceptors (Lipinski definition) is 3. The Hall–Kier alpha value is -1.56. The molecule has 0 unspecified atom stereocenters. The van der Waals surface area contributed by atoms with Gasteiger partial charge >= 0.3 is 6.09 Å². The Labute approximate surface area is 95.8 Å². The van der Waals surface area contributed by atoms with Crippen LogP contribution in [0.2, 0.25) is 0 Å². The Morgan fingerprint density at radius 2 is 1.81 bits per heavy atom. The summed E-state index contributed by atoms with van der Waals surface area (Å²) in [6.07, 6.45) is -1.01. The van der Waals surface area contributed by atoms with Gasteiger partial charge in [-0.25, -0.2) is 4.79 Å². The fourth-order valence-electron chi connectivity index (χ4n) is 0.614. The standard InChI is InChI=1S/C5H11NO2.C5H9NO2/c1-6(2,3)4-5(7)8;1-4(2)3-6-5(7)8/h4H2,1-3H3;6H,1,3H2,2H3,(H,7,8). The van der Waals surface area contributed by atoms with Gasteiger partial charge in [0.2, 0.25) is 0 Å². The molecule has 0 heterocycles. The second kappa shape index (κ2) is 7.70. The highest BCUT2D eigenvalue weighted by Crippen LogP contribution is 1.85. The molecule has 94 valence electrons. The first kappa shape index (κ1) is 16.9. The van der Waals surface area contributed by atoms with Crippen molar-refractivity contribution in [2.45, 2.75) is 6.92 Å². The molecule has 0 saturated heterocycles. The van der Waals surface area contributed by atoms with Crippen LogP contribution in [0.5, 0.6) is 0 Å². The third-order valence-electron chi connectivity index (χ3n) is 1.14. The highest BCUT2D eigenvalue weighted by atomic mass is 16.4. The Morgan fingerprint density at radius 3 is 1.88 bits per heavy atom. The van der Waals surface area contributed by atoms with E-state index in [0.717, 1.165) is 5.57 Å². The second-order valence-electron chi connectivity index (χ2n) is 4.44. The minimum Gasteiger partial charge on any atom is -0.544 e. The third-order valence-corrected chi connectivity index (χ3v) is 1.14. The van der Waals surface area contributed by atoms with Crippen molar-refractivity contribution in [1.82, 2.24) is 5.32 Å². The lowest BCUT2D eigenvalue weighted by molar-refractivity contribution is -0.864. The number of quaternary nitrogens is 1. The Kier molecular flexibility index (Phi) is 8.11. The zero-order valence-corrected chi connectivity index (χ0v) is 10.2. The summed E-state index contributed by atoms with van der Waals surface area (Å²) in [5.41, 5.74) is 0.812. The molecular weight excluding hydrogens is 212 g/mol. The number of hydrogen-bond donors (Lipinski definition) is 2. The molecule has 0 radical (unpaired) electrons. The minimum atomic E-state index is -1.01. The van der Waals surface area contributed by atoms with E-state index in [4.69, 9.17) is 5.11 Å². The maximum absolute atomic E-state index is 9.89. The molecule has 0 aromatic heterocycles. The number of nitrogens with zero attached hydrogens (tertiary/aromatic N) is 1. The minimum absolute atomic E-state index is 0.0694. The Morgan fingerprint density at radius 1 is 1.38 bits per heavy atom. The van der Waals surface area contributed by atoms with Gasteiger partial charge < -0.3 is 24.8 Å². The summed E-state index contributed by atoms with van der Waals surface area (Å²) in [7, 11) is 5.40. The lowest BCUT2D eigenvalue weighted by Crippen LogP contribution is -2.45. The van der Waals surface area contributed by atoms with Gasteiger partial charge in [0.15, 0.2) is 0 Å². The summed E-state index contributed by atoms with van der Waals surface area (Å²) < 4.78 is 0.419. The zero-order valence-electron chi connectivity index (χ0n) is 10.2. The van der Waals surface area contributed by atoms with Gasteiger partial charge in [-0.1, -0.05) is 12.2 Å². The number of nitrogens with one attached hydrogen (secondary N) is 1. The maximum Gasteiger partial charge on any atom is 0.404 e. The van der Waals surface area contributed by atoms with E-state index >= 15 is 0 Å². The van der Waals surface area contributed by atoms with E-state index < -0.39 is 12.1 Å². The third kappa shape index (κ3) is 22.9. The summed E-state index contributed by atoms with van der Waals surface area (Å²) in [4.78, 5) is 19.6. The number of carbonyl (C=O) groups is 2. The summed E-state index contributed by atoms with van der Waals surface area (Å²) in [5.74, 6) is -1.00. The average molecular weight is 232 g/mol. The molecule has 6 nitrogen and oxygen atoms in total. The number of carboxylic acid groups (broad SMARTS) is 2. The van der Waals surface area contributed by atoms with Crippen molar-refractivity contribution in [3.63, 3.8) is 0 Å². The monoisotopic (exact) mass is 232 g/mol. The van der Waals surface area contributed by atoms with E-state index in [2.05, 4.69) is 11.9 Å². The van der Waals surface area contributed by atoms with Crippen LogP contribution in [0, 0.1) is 0 Å². The van der Waals surface area contributed by atoms with E-state index in [1.807, 2.05) is 0 Å². The Bertz CT molecular complexity index is 242. The van der Waals surface area contributed by atoms with Gasteiger partial charge in [0.1, 0.15) is 6.54 Å². The molecule has 2 N–H and O–H groups in total. The first-order valence-corrected chi connectivity index (χ1v) is 4.66. The molecule has 0 saturated carbocycles. The van der Waals surface area contributed by atoms with Crippen LogP contribution in [0.15, 0.2) is 12.2 Å². The molecule has 0 aromatic rings. The first-order valence-electron chi connectivity index (χ1n) is 4.66. The molecule has 16 heavy (non-hydrogen) atoms. The van der Waals surface area contributed by atoms with Crippen LogP contribution in [0.4, 0.5) is 4.79 Å². The lowest BCUT2D eigenvalue weighted by Gasteiger charge is -2.23. The van der Waals surface area contributed by atoms with E-state index in [1.165, 1.54) is 0 Å². The number of likely N-dealkylation sites (N-methyl/N-ethyl adjacent to an activating group) is 1. The van der Waals surface area contributed by atoms with E-state index in [0.29, 0.717) is 11.0 Å². The van der Waals surface area contributed by atoms with Crippen molar-refractivity contribution >= 4 is 12.1 Å². The molecule has 0 aliphatic heterocycles. The predicted octanol–water partition coefficient (Wildman–Crippen LogP) is -0.727. The highest BCUT2D eigenvalue weighted by molar-refractivity contribution is 5.65. The molecule has 0 atom stereocenters. The molecule has 0 aliphatic rings. The number of carboxylic acids is 1. The molecule has 6 heteroatoms. The van der Waals surface area contributed by atoms with Gasteiger partial charge in [0, 0.05) is 6.54 Å². The number of carbonyl (C=O) groups excluding carboxylic acids is 1. The molecular formula is C10H20N2O4. The van der Waals surface area contributed by atoms with Crippen molar-refractivity contribution in [3.05, 3.63) is 12.2 Å². The van der Waals surface area contributed by atoms with Gasteiger partial charge in [-0.2, -0.15) is 0 Å². The number of aliphatic carboxylic acids is 1. The number of rotatable bonds is 4. The molecule has 0 aliphatic carbocycles. The SMILES string of the molecule is C=C(C)CNC(=O)O.C[N+](C)(C)CC(=O)[O-]. The van der Waals surface area contributed by atoms with Crippen LogP contribution in [0.25, 0.3) is 0 Å². The maximum atomic E-state index is 9.89. The molecule has 0 rings (SSSR count). The molecule has 0 aromatic carbocycles. The van der Waals surface area contributed by atoms with E-state index in [9.17, 15) is 14.7 Å². The van der Waals surface area contributed by atoms with Crippen molar-refractivity contribution in [1.29, 1.82) is 0 Å². The van der Waals surface area contributed by atoms with Crippen molar-refractivity contribution < 1.29 is 24.3 Å². The van der Waals surface area contributed by atoms with Crippen LogP contribution in [-0.4, -0.2) is 55.9 Å². The second-order valence-corrected chi connectivity index (χ2v) is 4.44. The Balaban J connectivity index is 0. The topological polar surface area (TPSA) is 89.5 Å². The smallest absolute Gasteiger partial charge is 0.404 e. The van der Waals surface area contributed by atoms with Crippen molar-refractivity contribution in [2.24, 2.45) is 0 Å². The van der Waals surface area contributed by atoms with Crippen LogP contribution in [-0.2, 0) is 4.79 Å². The summed E-state index contributed by atoms with van der Waals surface area (Å²) in [5, 5.41) is 20.1. The average Bonchev–Trinajstić information content (AvgIpc) is 1.96. The number of amides is 1. The van der Waals surface area contributed by atoms with Crippen LogP contribution in [0.1, 0.15) is 6.92 Å². The quantitative estimate of drug-likeness (QED) is 0.494. The largest absolute Gasteiger partial charge is 0.544 e. The van der Waals surface area contributed by atoms with Crippen LogP contribution < -0.4 is 10.4 Å². The summed E-state index contributed by atoms with van der Waals surface area (Å²) in [6, 6.07) is 0. The van der Waals surface area contributed by atoms with Gasteiger partial charge in [0.25, 0.3) is 0 Å². The van der Waals surface area contributed by atoms with Crippen LogP contribution >= 0.6 is 0 Å². The molecule has 0 bridgehead atoms. The normalized spacial score (nSPS) is 9.75. The fraction of sp³-hybridized carbons (Fsp3) is 0.600. The van der Waals surface area contributed by atoms with Gasteiger partial charge in [-0.05, 0) is 6.92 Å². The highest BCUT2D eigenvalue weighted by Gasteiger charge is 2.04. The predicted molar refractivity (Wildman–Crippen MR) is 58.7 cm³/mol. The zero-order chi connectivity index (χ0) is 13.4. The fourth-order valence-corrected chi connectivity index (χ4v) is 0.614. The van der Waals surface area contributed by atoms with Crippen molar-refractivity contribution in [3.8, 4) is 0 Å². The molecule has 1 amide bonds. The summed E-state index contributed by atoms with van der Waals surface area (Å²) >= 11 is 0. The van der Waals surface area contributed by atoms with Crippen molar-refractivity contribution in [2.75, 3.05) is 34.2 Å². The van der Waals surface area contributed by atoms with E-state index in [-0.39, 0.29) is 6.54 Å². The lowest BCUT2D eigenvalue weighted by atomic mass is 10.4. The van der Waals surface area contributed by atoms with Crippen LogP contribution in [0.3, 0.4) is 0 Å². The first-order chi connectivity index (χ1) is 7.04. The van der Waals surface area contributed by atoms with Gasteiger partial charge in [-0.3, -0.25) is 0 Å². The summed E-state index contributed by atoms with van der Waals surface area (Å²) in [6.45, 7) is 5.67. The van der Waals surface area contributed by atoms with Gasteiger partial charge in [-0.15, -0.1) is 0 Å². The molecule has 0 fully saturated rings. The molecule has 0 spiro atoms. The van der Waals surface area contributed by atoms with E-state index in [1.54, 1.807) is 28.1 Å².